The Balaban J connectivity index is 1.85. The Morgan fingerprint density at radius 1 is 1.09 bits per heavy atom. The van der Waals surface area contributed by atoms with E-state index in [0.29, 0.717) is 12.2 Å². The molecule has 0 saturated carbocycles. The van der Waals surface area contributed by atoms with Crippen molar-refractivity contribution in [3.05, 3.63) is 48.5 Å². The van der Waals surface area contributed by atoms with E-state index in [2.05, 4.69) is 5.32 Å². The number of hydrogen-bond acceptors (Lipinski definition) is 4. The maximum atomic E-state index is 12.1. The average Bonchev–Trinajstić information content (AvgIpc) is 2.55. The molecule has 1 amide bonds. The Bertz CT molecular complexity index is 632. The summed E-state index contributed by atoms with van der Waals surface area (Å²) in [5.74, 6) is 1.60. The van der Waals surface area contributed by atoms with Gasteiger partial charge >= 0.3 is 0 Å². The number of ether oxygens (including phenoxy) is 1. The first kappa shape index (κ1) is 16.8. The molecule has 116 valence electrons. The molecule has 2 rings (SSSR count). The number of methoxy groups -OCH3 is 1. The molecule has 0 aliphatic heterocycles. The molecule has 0 aliphatic rings. The molecule has 0 heterocycles. The first-order chi connectivity index (χ1) is 10.7. The largest absolute Gasteiger partial charge is 0.496 e. The molecule has 22 heavy (non-hydrogen) atoms. The van der Waals surface area contributed by atoms with Crippen LogP contribution in [0, 0.1) is 0 Å². The van der Waals surface area contributed by atoms with Crippen molar-refractivity contribution in [2.24, 2.45) is 0 Å². The van der Waals surface area contributed by atoms with Gasteiger partial charge in [0.05, 0.1) is 12.8 Å². The van der Waals surface area contributed by atoms with Crippen LogP contribution in [0.1, 0.15) is 6.42 Å². The predicted molar refractivity (Wildman–Crippen MR) is 95.2 cm³/mol. The van der Waals surface area contributed by atoms with Crippen LogP contribution in [0.15, 0.2) is 58.3 Å². The third-order valence-electron chi connectivity index (χ3n) is 3.04. The molecule has 0 radical (unpaired) electrons. The van der Waals surface area contributed by atoms with Crippen LogP contribution in [0.3, 0.4) is 0 Å². The molecule has 2 aromatic rings. The summed E-state index contributed by atoms with van der Waals surface area (Å²) < 4.78 is 5.30. The van der Waals surface area contributed by atoms with E-state index in [9.17, 15) is 4.79 Å². The van der Waals surface area contributed by atoms with Gasteiger partial charge in [0.1, 0.15) is 5.75 Å². The van der Waals surface area contributed by atoms with Gasteiger partial charge in [0.2, 0.25) is 5.91 Å². The van der Waals surface area contributed by atoms with Gasteiger partial charge in [0, 0.05) is 22.0 Å². The minimum Gasteiger partial charge on any atom is -0.496 e. The Morgan fingerprint density at radius 2 is 1.77 bits per heavy atom. The minimum atomic E-state index is 0.0314. The van der Waals surface area contributed by atoms with E-state index >= 15 is 0 Å². The number of para-hydroxylation sites is 2. The first-order valence-electron chi connectivity index (χ1n) is 6.93. The molecular formula is C17H19NO2S2. The molecule has 5 heteroatoms. The van der Waals surface area contributed by atoms with Crippen molar-refractivity contribution in [3.8, 4) is 5.75 Å². The second kappa shape index (κ2) is 8.76. The van der Waals surface area contributed by atoms with Crippen molar-refractivity contribution < 1.29 is 9.53 Å². The molecule has 0 bridgehead atoms. The lowest BCUT2D eigenvalue weighted by atomic mass is 10.3. The Hall–Kier alpha value is -1.59. The van der Waals surface area contributed by atoms with Crippen LogP contribution >= 0.6 is 23.5 Å². The summed E-state index contributed by atoms with van der Waals surface area (Å²) in [7, 11) is 1.66. The highest BCUT2D eigenvalue weighted by Gasteiger charge is 2.07. The molecule has 3 nitrogen and oxygen atoms in total. The standard InChI is InChI=1S/C17H19NO2S2/c1-20-14-8-4-6-10-16(14)22-12-11-17(19)18-13-7-3-5-9-15(13)21-2/h3-10H,11-12H2,1-2H3,(H,18,19). The van der Waals surface area contributed by atoms with Crippen LogP contribution in [-0.4, -0.2) is 25.0 Å². The first-order valence-corrected chi connectivity index (χ1v) is 9.14. The van der Waals surface area contributed by atoms with Crippen molar-refractivity contribution in [3.63, 3.8) is 0 Å². The summed E-state index contributed by atoms with van der Waals surface area (Å²) in [6.45, 7) is 0. The fourth-order valence-electron chi connectivity index (χ4n) is 1.95. The lowest BCUT2D eigenvalue weighted by Crippen LogP contribution is -2.12. The molecule has 0 aliphatic carbocycles. The second-order valence-corrected chi connectivity index (χ2v) is 6.48. The quantitative estimate of drug-likeness (QED) is 0.755. The van der Waals surface area contributed by atoms with E-state index in [1.807, 2.05) is 54.8 Å². The molecule has 0 aromatic heterocycles. The Morgan fingerprint density at radius 3 is 2.50 bits per heavy atom. The average molecular weight is 333 g/mol. The Kier molecular flexibility index (Phi) is 6.68. The predicted octanol–water partition coefficient (Wildman–Crippen LogP) is 4.54. The molecule has 2 aromatic carbocycles. The van der Waals surface area contributed by atoms with Crippen molar-refractivity contribution >= 4 is 35.1 Å². The number of anilines is 1. The van der Waals surface area contributed by atoms with Crippen LogP contribution in [0.5, 0.6) is 5.75 Å². The summed E-state index contributed by atoms with van der Waals surface area (Å²) in [5, 5.41) is 2.97. The number of carbonyl (C=O) groups is 1. The third-order valence-corrected chi connectivity index (χ3v) is 4.89. The van der Waals surface area contributed by atoms with Gasteiger partial charge in [-0.15, -0.1) is 23.5 Å². The van der Waals surface area contributed by atoms with E-state index in [1.54, 1.807) is 30.6 Å². The zero-order valence-electron chi connectivity index (χ0n) is 12.7. The van der Waals surface area contributed by atoms with Gasteiger partial charge in [0.25, 0.3) is 0 Å². The third kappa shape index (κ3) is 4.71. The van der Waals surface area contributed by atoms with E-state index < -0.39 is 0 Å². The van der Waals surface area contributed by atoms with Gasteiger partial charge in [-0.25, -0.2) is 0 Å². The number of hydrogen-bond donors (Lipinski definition) is 1. The van der Waals surface area contributed by atoms with Crippen LogP contribution in [0.25, 0.3) is 0 Å². The van der Waals surface area contributed by atoms with Gasteiger partial charge in [-0.1, -0.05) is 24.3 Å². The maximum Gasteiger partial charge on any atom is 0.225 e. The van der Waals surface area contributed by atoms with E-state index in [4.69, 9.17) is 4.74 Å². The highest BCUT2D eigenvalue weighted by molar-refractivity contribution is 7.99. The summed E-state index contributed by atoms with van der Waals surface area (Å²) >= 11 is 3.26. The smallest absolute Gasteiger partial charge is 0.225 e. The number of nitrogens with one attached hydrogen (secondary N) is 1. The van der Waals surface area contributed by atoms with Gasteiger partial charge in [-0.2, -0.15) is 0 Å². The van der Waals surface area contributed by atoms with Crippen LogP contribution < -0.4 is 10.1 Å². The molecule has 1 N–H and O–H groups in total. The van der Waals surface area contributed by atoms with Crippen molar-refractivity contribution in [1.82, 2.24) is 0 Å². The molecular weight excluding hydrogens is 314 g/mol. The van der Waals surface area contributed by atoms with Gasteiger partial charge in [-0.05, 0) is 30.5 Å². The molecule has 0 unspecified atom stereocenters. The van der Waals surface area contributed by atoms with Crippen LogP contribution in [0.2, 0.25) is 0 Å². The summed E-state index contributed by atoms with van der Waals surface area (Å²) in [4.78, 5) is 14.2. The van der Waals surface area contributed by atoms with Crippen LogP contribution in [-0.2, 0) is 4.79 Å². The highest BCUT2D eigenvalue weighted by atomic mass is 32.2. The summed E-state index contributed by atoms with van der Waals surface area (Å²) in [5.41, 5.74) is 0.877. The summed E-state index contributed by atoms with van der Waals surface area (Å²) in [6, 6.07) is 15.7. The normalized spacial score (nSPS) is 10.3. The lowest BCUT2D eigenvalue weighted by molar-refractivity contribution is -0.115. The topological polar surface area (TPSA) is 38.3 Å². The second-order valence-electron chi connectivity index (χ2n) is 4.50. The number of benzene rings is 2. The number of thioether (sulfide) groups is 2. The molecule has 0 saturated heterocycles. The molecule has 0 atom stereocenters. The van der Waals surface area contributed by atoms with Crippen molar-refractivity contribution in [1.29, 1.82) is 0 Å². The van der Waals surface area contributed by atoms with E-state index in [0.717, 1.165) is 21.2 Å². The summed E-state index contributed by atoms with van der Waals surface area (Å²) in [6.07, 6.45) is 2.47. The minimum absolute atomic E-state index is 0.0314. The van der Waals surface area contributed by atoms with E-state index in [1.165, 1.54) is 0 Å². The lowest BCUT2D eigenvalue weighted by Gasteiger charge is -2.10. The van der Waals surface area contributed by atoms with Crippen molar-refractivity contribution in [2.75, 3.05) is 24.4 Å². The van der Waals surface area contributed by atoms with Gasteiger partial charge < -0.3 is 10.1 Å². The van der Waals surface area contributed by atoms with Gasteiger partial charge in [-0.3, -0.25) is 4.79 Å². The van der Waals surface area contributed by atoms with E-state index in [-0.39, 0.29) is 5.91 Å². The fourth-order valence-corrected chi connectivity index (χ4v) is 3.48. The number of carbonyl (C=O) groups excluding carboxylic acids is 1. The SMILES string of the molecule is COc1ccccc1SCCC(=O)Nc1ccccc1SC. The zero-order valence-corrected chi connectivity index (χ0v) is 14.3. The maximum absolute atomic E-state index is 12.1. The molecule has 0 spiro atoms. The number of rotatable bonds is 7. The van der Waals surface area contributed by atoms with Crippen LogP contribution in [0.4, 0.5) is 5.69 Å². The van der Waals surface area contributed by atoms with Crippen molar-refractivity contribution in [2.45, 2.75) is 16.2 Å². The highest BCUT2D eigenvalue weighted by Crippen LogP contribution is 2.29. The molecule has 0 fully saturated rings. The number of amides is 1. The zero-order chi connectivity index (χ0) is 15.8. The monoisotopic (exact) mass is 333 g/mol. The van der Waals surface area contributed by atoms with Gasteiger partial charge in [0.15, 0.2) is 0 Å². The Labute approximate surface area is 139 Å². The fraction of sp³-hybridized carbons (Fsp3) is 0.235.